The molecule has 0 spiro atoms. The Labute approximate surface area is 93.8 Å². The van der Waals surface area contributed by atoms with Crippen molar-refractivity contribution in [3.05, 3.63) is 11.7 Å². The van der Waals surface area contributed by atoms with Crippen LogP contribution < -0.4 is 10.8 Å². The van der Waals surface area contributed by atoms with Crippen molar-refractivity contribution >= 4 is 15.8 Å². The molecule has 88 valence electrons. The molecular formula is C9H14N4O2S. The minimum Gasteiger partial charge on any atom is -0.356 e. The molecule has 0 aromatic carbocycles. The summed E-state index contributed by atoms with van der Waals surface area (Å²) in [6, 6.07) is 0. The molecule has 0 radical (unpaired) electrons. The van der Waals surface area contributed by atoms with Gasteiger partial charge in [-0.2, -0.15) is 0 Å². The smallest absolute Gasteiger partial charge is 0.204 e. The highest BCUT2D eigenvalue weighted by Crippen LogP contribution is 2.11. The van der Waals surface area contributed by atoms with E-state index in [1.165, 1.54) is 6.20 Å². The van der Waals surface area contributed by atoms with Crippen LogP contribution in [0.5, 0.6) is 0 Å². The van der Waals surface area contributed by atoms with E-state index in [2.05, 4.69) is 10.3 Å². The first kappa shape index (κ1) is 11.1. The fraction of sp³-hybridized carbons (Fsp3) is 0.556. The van der Waals surface area contributed by atoms with Crippen LogP contribution >= 0.6 is 0 Å². The Morgan fingerprint density at radius 2 is 2.38 bits per heavy atom. The molecule has 0 atom stereocenters. The largest absolute Gasteiger partial charge is 0.356 e. The van der Waals surface area contributed by atoms with Crippen LogP contribution in [0.25, 0.3) is 0 Å². The standard InChI is InChI=1S/C9H14N4O2S/c1-2-16(14,15)7-6-12-9-11-4-3-5-13(9)8(7)10/h6,10H,2-5H2,1H3,(H,11,12). The average molecular weight is 242 g/mol. The van der Waals surface area contributed by atoms with Gasteiger partial charge in [-0.15, -0.1) is 0 Å². The summed E-state index contributed by atoms with van der Waals surface area (Å²) in [4.78, 5) is 4.06. The first-order chi connectivity index (χ1) is 7.56. The number of nitrogens with one attached hydrogen (secondary N) is 2. The average Bonchev–Trinajstić information content (AvgIpc) is 2.29. The summed E-state index contributed by atoms with van der Waals surface area (Å²) in [5.74, 6) is 0.569. The number of fused-ring (bicyclic) bond motifs is 1. The number of anilines is 1. The van der Waals surface area contributed by atoms with E-state index < -0.39 is 9.84 Å². The highest BCUT2D eigenvalue weighted by atomic mass is 32.2. The van der Waals surface area contributed by atoms with Gasteiger partial charge in [-0.05, 0) is 6.42 Å². The Kier molecular flexibility index (Phi) is 2.71. The molecule has 1 aromatic heterocycles. The highest BCUT2D eigenvalue weighted by molar-refractivity contribution is 7.91. The molecule has 0 saturated carbocycles. The van der Waals surface area contributed by atoms with Crippen molar-refractivity contribution in [3.63, 3.8) is 0 Å². The maximum atomic E-state index is 11.7. The van der Waals surface area contributed by atoms with Gasteiger partial charge in [0.15, 0.2) is 9.84 Å². The van der Waals surface area contributed by atoms with Crippen molar-refractivity contribution in [3.8, 4) is 0 Å². The van der Waals surface area contributed by atoms with Crippen molar-refractivity contribution < 1.29 is 8.42 Å². The van der Waals surface area contributed by atoms with Gasteiger partial charge < -0.3 is 5.32 Å². The van der Waals surface area contributed by atoms with Gasteiger partial charge in [0.2, 0.25) is 5.95 Å². The fourth-order valence-corrected chi connectivity index (χ4v) is 2.60. The van der Waals surface area contributed by atoms with E-state index in [0.29, 0.717) is 12.5 Å². The first-order valence-electron chi connectivity index (χ1n) is 5.17. The SMILES string of the molecule is CCS(=O)(=O)c1cnc2n(c1=N)CCCN2. The predicted octanol–water partition coefficient (Wildman–Crippen LogP) is -0.0282. The van der Waals surface area contributed by atoms with E-state index in [1.54, 1.807) is 11.5 Å². The zero-order valence-corrected chi connectivity index (χ0v) is 9.84. The Morgan fingerprint density at radius 1 is 1.62 bits per heavy atom. The molecule has 7 heteroatoms. The molecule has 0 amide bonds. The number of aromatic nitrogens is 2. The molecule has 0 aliphatic carbocycles. The normalized spacial score (nSPS) is 15.3. The third-order valence-corrected chi connectivity index (χ3v) is 4.35. The Morgan fingerprint density at radius 3 is 3.06 bits per heavy atom. The molecule has 2 heterocycles. The molecule has 0 saturated heterocycles. The van der Waals surface area contributed by atoms with Gasteiger partial charge in [-0.1, -0.05) is 6.92 Å². The fourth-order valence-electron chi connectivity index (χ4n) is 1.67. The summed E-state index contributed by atoms with van der Waals surface area (Å²) in [5, 5.41) is 10.9. The lowest BCUT2D eigenvalue weighted by Crippen LogP contribution is -2.33. The predicted molar refractivity (Wildman–Crippen MR) is 58.9 cm³/mol. The van der Waals surface area contributed by atoms with Crippen LogP contribution in [-0.4, -0.2) is 30.3 Å². The Bertz CT molecular complexity index is 561. The van der Waals surface area contributed by atoms with Gasteiger partial charge in [-0.25, -0.2) is 13.4 Å². The zero-order chi connectivity index (χ0) is 11.8. The van der Waals surface area contributed by atoms with Crippen LogP contribution in [-0.2, 0) is 16.4 Å². The number of sulfone groups is 1. The van der Waals surface area contributed by atoms with Crippen LogP contribution in [0.2, 0.25) is 0 Å². The lowest BCUT2D eigenvalue weighted by atomic mass is 10.3. The quantitative estimate of drug-likeness (QED) is 0.762. The van der Waals surface area contributed by atoms with Crippen molar-refractivity contribution in [2.24, 2.45) is 0 Å². The molecule has 6 nitrogen and oxygen atoms in total. The van der Waals surface area contributed by atoms with Gasteiger partial charge >= 0.3 is 0 Å². The van der Waals surface area contributed by atoms with Gasteiger partial charge in [0, 0.05) is 13.1 Å². The van der Waals surface area contributed by atoms with E-state index in [1.807, 2.05) is 0 Å². The lowest BCUT2D eigenvalue weighted by molar-refractivity contribution is 0.559. The van der Waals surface area contributed by atoms with E-state index in [-0.39, 0.29) is 16.1 Å². The van der Waals surface area contributed by atoms with Crippen molar-refractivity contribution in [2.45, 2.75) is 24.8 Å². The molecule has 1 aromatic rings. The van der Waals surface area contributed by atoms with Gasteiger partial charge in [0.05, 0.1) is 11.9 Å². The molecule has 2 rings (SSSR count). The van der Waals surface area contributed by atoms with Crippen LogP contribution in [0.1, 0.15) is 13.3 Å². The van der Waals surface area contributed by atoms with E-state index in [0.717, 1.165) is 13.0 Å². The molecule has 1 aliphatic heterocycles. The van der Waals surface area contributed by atoms with Crippen LogP contribution in [0.4, 0.5) is 5.95 Å². The lowest BCUT2D eigenvalue weighted by Gasteiger charge is -2.20. The van der Waals surface area contributed by atoms with E-state index >= 15 is 0 Å². The molecule has 0 fully saturated rings. The second kappa shape index (κ2) is 3.89. The summed E-state index contributed by atoms with van der Waals surface area (Å²) in [7, 11) is -3.36. The maximum Gasteiger partial charge on any atom is 0.204 e. The highest BCUT2D eigenvalue weighted by Gasteiger charge is 2.19. The van der Waals surface area contributed by atoms with Crippen molar-refractivity contribution in [1.29, 1.82) is 5.41 Å². The van der Waals surface area contributed by atoms with Gasteiger partial charge in [-0.3, -0.25) is 9.98 Å². The topological polar surface area (TPSA) is 87.8 Å². The third-order valence-electron chi connectivity index (χ3n) is 2.62. The maximum absolute atomic E-state index is 11.7. The third kappa shape index (κ3) is 1.71. The Hall–Kier alpha value is -1.37. The summed E-state index contributed by atoms with van der Waals surface area (Å²) in [6.45, 7) is 3.02. The molecular weight excluding hydrogens is 228 g/mol. The summed E-state index contributed by atoms with van der Waals surface area (Å²) in [5.41, 5.74) is 0.0269. The number of hydrogen-bond donors (Lipinski definition) is 2. The number of hydrogen-bond acceptors (Lipinski definition) is 5. The van der Waals surface area contributed by atoms with Crippen molar-refractivity contribution in [2.75, 3.05) is 17.6 Å². The molecule has 0 bridgehead atoms. The van der Waals surface area contributed by atoms with E-state index in [9.17, 15) is 8.42 Å². The second-order valence-electron chi connectivity index (χ2n) is 3.63. The Balaban J connectivity index is 2.64. The zero-order valence-electron chi connectivity index (χ0n) is 9.02. The van der Waals surface area contributed by atoms with Crippen molar-refractivity contribution in [1.82, 2.24) is 9.55 Å². The number of rotatable bonds is 2. The van der Waals surface area contributed by atoms with Crippen LogP contribution in [0.15, 0.2) is 11.1 Å². The molecule has 2 N–H and O–H groups in total. The minimum atomic E-state index is -3.36. The summed E-state index contributed by atoms with van der Waals surface area (Å²) >= 11 is 0. The second-order valence-corrected chi connectivity index (χ2v) is 5.88. The summed E-state index contributed by atoms with van der Waals surface area (Å²) < 4.78 is 25.0. The van der Waals surface area contributed by atoms with E-state index in [4.69, 9.17) is 5.41 Å². The molecule has 0 unspecified atom stereocenters. The molecule has 1 aliphatic rings. The first-order valence-corrected chi connectivity index (χ1v) is 6.82. The summed E-state index contributed by atoms with van der Waals surface area (Å²) in [6.07, 6.45) is 2.15. The van der Waals surface area contributed by atoms with Gasteiger partial charge in [0.1, 0.15) is 10.4 Å². The molecule has 16 heavy (non-hydrogen) atoms. The number of nitrogens with zero attached hydrogens (tertiary/aromatic N) is 2. The monoisotopic (exact) mass is 242 g/mol. The minimum absolute atomic E-state index is 0.00661. The van der Waals surface area contributed by atoms with Crippen LogP contribution in [0, 0.1) is 5.41 Å². The van der Waals surface area contributed by atoms with Gasteiger partial charge in [0.25, 0.3) is 0 Å². The van der Waals surface area contributed by atoms with Crippen LogP contribution in [0.3, 0.4) is 0 Å².